The quantitative estimate of drug-likeness (QED) is 0.165. The summed E-state index contributed by atoms with van der Waals surface area (Å²) in [5.74, 6) is -2.53. The smallest absolute Gasteiger partial charge is 0.248 e. The second kappa shape index (κ2) is 24.0. The summed E-state index contributed by atoms with van der Waals surface area (Å²) in [7, 11) is 3.07. The van der Waals surface area contributed by atoms with Crippen molar-refractivity contribution in [2.24, 2.45) is 10.4 Å². The molecule has 4 N–H and O–H groups in total. The third-order valence-electron chi connectivity index (χ3n) is 14.7. The van der Waals surface area contributed by atoms with Gasteiger partial charge in [0, 0.05) is 67.6 Å². The number of halogens is 1. The van der Waals surface area contributed by atoms with E-state index in [-0.39, 0.29) is 52.1 Å². The van der Waals surface area contributed by atoms with Crippen LogP contribution in [0.3, 0.4) is 0 Å². The van der Waals surface area contributed by atoms with Gasteiger partial charge in [-0.2, -0.15) is 0 Å². The zero-order valence-electron chi connectivity index (χ0n) is 46.0. The fourth-order valence-electron chi connectivity index (χ4n) is 10.3. The molecule has 9 rings (SSSR count). The molecule has 3 aromatic carbocycles. The summed E-state index contributed by atoms with van der Waals surface area (Å²) < 4.78 is 9.32. The SMILES string of the molecule is Cc1sc2c(c1C)C(c1ccc(Cl)cc1)=N[C@@H](CC(=O)N(C)C[C@H]1NC(=O)CNC(=O)[C@@H](Cc3ccc(-c4ccccc4)cc3)NC(=O)[C@@H]3C[C@@H](O)CN3C(=O)C(C(C)(C)C)n3cc(nn3)COCCN(C)C1=O)c1nnc(C)n1-2. The minimum absolute atomic E-state index is 0.0136. The lowest BCUT2D eigenvalue weighted by Gasteiger charge is -2.35. The number of aliphatic hydroxyl groups excluding tert-OH is 1. The van der Waals surface area contributed by atoms with Crippen LogP contribution in [-0.2, 0) is 46.5 Å². The van der Waals surface area contributed by atoms with Gasteiger partial charge >= 0.3 is 0 Å². The molecule has 0 spiro atoms. The Morgan fingerprint density at radius 2 is 1.57 bits per heavy atom. The van der Waals surface area contributed by atoms with Crippen molar-refractivity contribution in [3.8, 4) is 16.1 Å². The number of ether oxygens (including phenoxy) is 1. The van der Waals surface area contributed by atoms with Crippen molar-refractivity contribution in [3.63, 3.8) is 0 Å². The molecule has 3 aliphatic heterocycles. The number of aliphatic imine (C=N–C) groups is 1. The molecule has 23 heteroatoms. The van der Waals surface area contributed by atoms with Crippen molar-refractivity contribution in [2.75, 3.05) is 46.9 Å². The van der Waals surface area contributed by atoms with Crippen LogP contribution in [0.5, 0.6) is 0 Å². The minimum Gasteiger partial charge on any atom is -0.391 e. The number of nitrogens with one attached hydrogen (secondary N) is 3. The standard InChI is InChI=1S/C57H66ClN13O8S/c1-32-33(2)80-56-48(32)49(38-18-20-39(58)21-19-38)61-42(51-65-63-34(3)71(51)56)26-47(74)68(8)30-44-54(77)67(7)22-23-79-31-40-28-70(66-64-40)50(57(4,5)6)55(78)69-29-41(72)25-45(69)53(76)62-43(52(75)59-27-46(73)60-44)24-35-14-16-37(17-15-35)36-12-10-9-11-13-36/h9-21,28,41-45,50,72H,22-27,29-31H2,1-8H3,(H,59,75)(H,60,73)(H,62,76)/t41-,42+,43-,44-,45+,50?/m1/s1. The maximum atomic E-state index is 14.6. The average molecular weight is 1130 g/mol. The normalized spacial score (nSPS) is 21.7. The van der Waals surface area contributed by atoms with Crippen molar-refractivity contribution in [3.05, 3.63) is 135 Å². The molecule has 6 amide bonds. The van der Waals surface area contributed by atoms with Crippen molar-refractivity contribution < 1.29 is 38.6 Å². The van der Waals surface area contributed by atoms with E-state index in [0.29, 0.717) is 33.6 Å². The monoisotopic (exact) mass is 1130 g/mol. The van der Waals surface area contributed by atoms with Gasteiger partial charge in [0.1, 0.15) is 46.7 Å². The van der Waals surface area contributed by atoms with Crippen molar-refractivity contribution in [1.29, 1.82) is 0 Å². The van der Waals surface area contributed by atoms with Crippen molar-refractivity contribution in [1.82, 2.24) is 60.4 Å². The van der Waals surface area contributed by atoms with E-state index in [1.54, 1.807) is 36.7 Å². The highest BCUT2D eigenvalue weighted by atomic mass is 35.5. The molecule has 0 aliphatic carbocycles. The van der Waals surface area contributed by atoms with Crippen LogP contribution in [0.4, 0.5) is 0 Å². The third kappa shape index (κ3) is 12.5. The lowest BCUT2D eigenvalue weighted by molar-refractivity contribution is -0.144. The molecule has 2 bridgehead atoms. The molecule has 0 radical (unpaired) electrons. The molecule has 6 atom stereocenters. The summed E-state index contributed by atoms with van der Waals surface area (Å²) in [5.41, 5.74) is 5.62. The summed E-state index contributed by atoms with van der Waals surface area (Å²) in [5, 5.41) is 38.2. The number of amides is 6. The third-order valence-corrected chi connectivity index (χ3v) is 16.2. The summed E-state index contributed by atoms with van der Waals surface area (Å²) in [6.45, 7) is 10.5. The van der Waals surface area contributed by atoms with Crippen LogP contribution < -0.4 is 16.0 Å². The molecule has 3 aliphatic rings. The summed E-state index contributed by atoms with van der Waals surface area (Å²) in [4.78, 5) is 96.9. The molecule has 420 valence electrons. The predicted molar refractivity (Wildman–Crippen MR) is 300 cm³/mol. The van der Waals surface area contributed by atoms with E-state index >= 15 is 0 Å². The second-order valence-corrected chi connectivity index (χ2v) is 23.4. The molecule has 6 aromatic rings. The van der Waals surface area contributed by atoms with Gasteiger partial charge in [0.2, 0.25) is 35.4 Å². The van der Waals surface area contributed by atoms with Crippen LogP contribution in [0.15, 0.2) is 90.1 Å². The highest BCUT2D eigenvalue weighted by Crippen LogP contribution is 2.40. The van der Waals surface area contributed by atoms with Crippen LogP contribution >= 0.6 is 22.9 Å². The van der Waals surface area contributed by atoms with Gasteiger partial charge in [-0.15, -0.1) is 26.6 Å². The Bertz CT molecular complexity index is 3320. The number of hydrogen-bond donors (Lipinski definition) is 4. The number of thiophene rings is 1. The van der Waals surface area contributed by atoms with Gasteiger partial charge in [-0.3, -0.25) is 38.3 Å². The molecular weight excluding hydrogens is 1060 g/mol. The van der Waals surface area contributed by atoms with Crippen molar-refractivity contribution >= 4 is 64.1 Å². The average Bonchev–Trinajstić information content (AvgIpc) is 4.30. The molecule has 0 saturated carbocycles. The Hall–Kier alpha value is -7.66. The van der Waals surface area contributed by atoms with E-state index in [1.165, 1.54) is 26.4 Å². The largest absolute Gasteiger partial charge is 0.391 e. The van der Waals surface area contributed by atoms with Crippen molar-refractivity contribution in [2.45, 2.75) is 104 Å². The lowest BCUT2D eigenvalue weighted by atomic mass is 9.85. The number of benzene rings is 3. The zero-order valence-corrected chi connectivity index (χ0v) is 47.5. The summed E-state index contributed by atoms with van der Waals surface area (Å²) >= 11 is 7.91. The van der Waals surface area contributed by atoms with E-state index in [0.717, 1.165) is 37.7 Å². The topological polar surface area (TPSA) is 251 Å². The van der Waals surface area contributed by atoms with E-state index < -0.39 is 83.7 Å². The molecule has 1 fully saturated rings. The first kappa shape index (κ1) is 57.0. The predicted octanol–water partition coefficient (Wildman–Crippen LogP) is 4.47. The first-order valence-electron chi connectivity index (χ1n) is 26.5. The Balaban J connectivity index is 0.990. The van der Waals surface area contributed by atoms with Crippen LogP contribution in [0.1, 0.15) is 90.2 Å². The Morgan fingerprint density at radius 3 is 2.29 bits per heavy atom. The number of likely N-dealkylation sites (N-methyl/N-ethyl adjacent to an activating group) is 2. The Labute approximate surface area is 472 Å². The van der Waals surface area contributed by atoms with Gasteiger partial charge in [-0.1, -0.05) is 104 Å². The Morgan fingerprint density at radius 1 is 0.875 bits per heavy atom. The van der Waals surface area contributed by atoms with E-state index in [4.69, 9.17) is 21.3 Å². The minimum atomic E-state index is -1.31. The highest BCUT2D eigenvalue weighted by Gasteiger charge is 2.46. The maximum Gasteiger partial charge on any atom is 0.248 e. The number of carbonyl (C=O) groups excluding carboxylic acids is 6. The van der Waals surface area contributed by atoms with E-state index in [9.17, 15) is 33.9 Å². The van der Waals surface area contributed by atoms with Gasteiger partial charge < -0.3 is 40.5 Å². The zero-order chi connectivity index (χ0) is 57.2. The van der Waals surface area contributed by atoms with Crippen LogP contribution in [0.2, 0.25) is 5.02 Å². The van der Waals surface area contributed by atoms with Gasteiger partial charge in [-0.25, -0.2) is 4.68 Å². The molecule has 21 nitrogen and oxygen atoms in total. The number of carbonyl (C=O) groups is 6. The Kier molecular flexibility index (Phi) is 17.1. The summed E-state index contributed by atoms with van der Waals surface area (Å²) in [6, 6.07) is 19.0. The fraction of sp³-hybridized carbons (Fsp3) is 0.421. The number of nitrogens with zero attached hydrogens (tertiary/aromatic N) is 10. The van der Waals surface area contributed by atoms with Gasteiger partial charge in [-0.05, 0) is 60.6 Å². The molecule has 1 saturated heterocycles. The number of fused-ring (bicyclic) bond motifs is 6. The number of aromatic nitrogens is 6. The molecule has 1 unspecified atom stereocenters. The lowest BCUT2D eigenvalue weighted by Crippen LogP contribution is -2.57. The fourth-order valence-corrected chi connectivity index (χ4v) is 11.7. The summed E-state index contributed by atoms with van der Waals surface area (Å²) in [6.07, 6.45) is 0.261. The maximum absolute atomic E-state index is 14.6. The first-order chi connectivity index (χ1) is 38.1. The number of aryl methyl sites for hydroxylation is 2. The van der Waals surface area contributed by atoms with Crippen LogP contribution in [0.25, 0.3) is 16.1 Å². The van der Waals surface area contributed by atoms with Crippen LogP contribution in [-0.4, -0.2) is 162 Å². The molecule has 3 aromatic heterocycles. The van der Waals surface area contributed by atoms with Crippen LogP contribution in [0, 0.1) is 26.2 Å². The molecule has 6 heterocycles. The van der Waals surface area contributed by atoms with E-state index in [1.807, 2.05) is 113 Å². The number of aliphatic hydroxyl groups is 1. The van der Waals surface area contributed by atoms with E-state index in [2.05, 4.69) is 36.5 Å². The van der Waals surface area contributed by atoms with Gasteiger partial charge in [0.15, 0.2) is 5.82 Å². The van der Waals surface area contributed by atoms with Gasteiger partial charge in [0.05, 0.1) is 44.2 Å². The number of hydrogen-bond acceptors (Lipinski definition) is 14. The molecular formula is C57H66ClN13O8S. The molecule has 80 heavy (non-hydrogen) atoms. The second-order valence-electron chi connectivity index (χ2n) is 21.7. The number of rotatable bonds is 8. The highest BCUT2D eigenvalue weighted by molar-refractivity contribution is 7.15. The first-order valence-corrected chi connectivity index (χ1v) is 27.7. The van der Waals surface area contributed by atoms with Gasteiger partial charge in [0.25, 0.3) is 0 Å².